The fourth-order valence-electron chi connectivity index (χ4n) is 1.83. The number of amidine groups is 1. The molecule has 1 rings (SSSR count). The highest BCUT2D eigenvalue weighted by Crippen LogP contribution is 2.25. The molecule has 4 heteroatoms. The normalized spacial score (nSPS) is 12.6. The molecule has 4 nitrogen and oxygen atoms in total. The molecule has 3 N–H and O–H groups in total. The van der Waals surface area contributed by atoms with E-state index in [4.69, 9.17) is 15.7 Å². The van der Waals surface area contributed by atoms with Crippen molar-refractivity contribution in [3.8, 4) is 5.75 Å². The van der Waals surface area contributed by atoms with Gasteiger partial charge in [-0.05, 0) is 49.9 Å². The van der Waals surface area contributed by atoms with E-state index < -0.39 is 0 Å². The van der Waals surface area contributed by atoms with E-state index in [0.717, 1.165) is 11.3 Å². The maximum atomic E-state index is 8.73. The number of hydrogen-bond donors (Lipinski definition) is 2. The van der Waals surface area contributed by atoms with Crippen molar-refractivity contribution in [3.63, 3.8) is 0 Å². The minimum Gasteiger partial charge on any atom is -0.493 e. The molecule has 0 unspecified atom stereocenters. The predicted molar refractivity (Wildman–Crippen MR) is 78.0 cm³/mol. The Morgan fingerprint density at radius 2 is 1.95 bits per heavy atom. The smallest absolute Gasteiger partial charge is 0.144 e. The van der Waals surface area contributed by atoms with Crippen LogP contribution in [0.25, 0.3) is 0 Å². The zero-order valence-electron chi connectivity index (χ0n) is 12.4. The maximum Gasteiger partial charge on any atom is 0.144 e. The molecule has 0 radical (unpaired) electrons. The molecule has 0 spiro atoms. The van der Waals surface area contributed by atoms with Gasteiger partial charge >= 0.3 is 0 Å². The first-order valence-corrected chi connectivity index (χ1v) is 6.46. The fraction of sp³-hybridized carbons (Fsp3) is 0.533. The van der Waals surface area contributed by atoms with Crippen molar-refractivity contribution in [1.29, 1.82) is 0 Å². The van der Waals surface area contributed by atoms with E-state index in [9.17, 15) is 0 Å². The molecule has 106 valence electrons. The summed E-state index contributed by atoms with van der Waals surface area (Å²) in [5.74, 6) is 1.14. The van der Waals surface area contributed by atoms with Crippen molar-refractivity contribution in [2.75, 3.05) is 6.61 Å². The topological polar surface area (TPSA) is 67.8 Å². The molecule has 0 aliphatic carbocycles. The zero-order valence-corrected chi connectivity index (χ0v) is 12.4. The van der Waals surface area contributed by atoms with Crippen molar-refractivity contribution in [3.05, 3.63) is 28.8 Å². The van der Waals surface area contributed by atoms with Crippen LogP contribution >= 0.6 is 0 Å². The summed E-state index contributed by atoms with van der Waals surface area (Å²) in [5.41, 5.74) is 8.85. The molecule has 0 bridgehead atoms. The van der Waals surface area contributed by atoms with Crippen LogP contribution in [-0.2, 0) is 0 Å². The minimum atomic E-state index is -0.373. The van der Waals surface area contributed by atoms with E-state index in [1.54, 1.807) is 0 Å². The molecular weight excluding hydrogens is 240 g/mol. The molecule has 19 heavy (non-hydrogen) atoms. The number of hydrogen-bond acceptors (Lipinski definition) is 3. The number of nitrogens with zero attached hydrogens (tertiary/aromatic N) is 1. The summed E-state index contributed by atoms with van der Waals surface area (Å²) in [5, 5.41) is 11.8. The van der Waals surface area contributed by atoms with Crippen LogP contribution in [0.4, 0.5) is 0 Å². The van der Waals surface area contributed by atoms with E-state index in [-0.39, 0.29) is 11.3 Å². The summed E-state index contributed by atoms with van der Waals surface area (Å²) >= 11 is 0. The fourth-order valence-corrected chi connectivity index (χ4v) is 1.83. The Morgan fingerprint density at radius 3 is 2.53 bits per heavy atom. The first-order chi connectivity index (χ1) is 8.77. The molecule has 1 aromatic rings. The average Bonchev–Trinajstić information content (AvgIpc) is 2.33. The van der Waals surface area contributed by atoms with E-state index in [1.165, 1.54) is 11.1 Å². The molecule has 1 aromatic carbocycles. The van der Waals surface area contributed by atoms with Crippen molar-refractivity contribution in [2.24, 2.45) is 16.3 Å². The molecule has 0 amide bonds. The Morgan fingerprint density at radius 1 is 1.32 bits per heavy atom. The summed E-state index contributed by atoms with van der Waals surface area (Å²) in [4.78, 5) is 0. The van der Waals surface area contributed by atoms with Crippen molar-refractivity contribution in [1.82, 2.24) is 0 Å². The molecule has 0 aromatic heterocycles. The maximum absolute atomic E-state index is 8.73. The van der Waals surface area contributed by atoms with Crippen LogP contribution in [0.5, 0.6) is 5.75 Å². The van der Waals surface area contributed by atoms with E-state index in [0.29, 0.717) is 13.0 Å². The van der Waals surface area contributed by atoms with Gasteiger partial charge in [-0.2, -0.15) is 0 Å². The Balaban J connectivity index is 2.69. The Kier molecular flexibility index (Phi) is 4.81. The number of rotatable bonds is 5. The van der Waals surface area contributed by atoms with Crippen LogP contribution in [-0.4, -0.2) is 17.6 Å². The highest BCUT2D eigenvalue weighted by atomic mass is 16.5. The van der Waals surface area contributed by atoms with Gasteiger partial charge in [-0.25, -0.2) is 0 Å². The van der Waals surface area contributed by atoms with Crippen LogP contribution in [0.3, 0.4) is 0 Å². The van der Waals surface area contributed by atoms with Crippen molar-refractivity contribution < 1.29 is 9.94 Å². The summed E-state index contributed by atoms with van der Waals surface area (Å²) in [6.07, 6.45) is 0.690. The number of nitrogens with two attached hydrogens (primary N) is 1. The Bertz CT molecular complexity index is 479. The van der Waals surface area contributed by atoms with Gasteiger partial charge in [0.15, 0.2) is 0 Å². The molecule has 0 fully saturated rings. The first kappa shape index (κ1) is 15.3. The average molecular weight is 264 g/mol. The van der Waals surface area contributed by atoms with Crippen LogP contribution in [0, 0.1) is 26.2 Å². The number of oxime groups is 1. The van der Waals surface area contributed by atoms with Gasteiger partial charge in [0.2, 0.25) is 0 Å². The second-order valence-electron chi connectivity index (χ2n) is 5.67. The molecular formula is C15H24N2O2. The van der Waals surface area contributed by atoms with E-state index in [1.807, 2.05) is 19.9 Å². The van der Waals surface area contributed by atoms with Gasteiger partial charge in [-0.15, -0.1) is 0 Å². The standard InChI is InChI=1S/C15H24N2O2/c1-10-8-11(2)12(3)13(9-10)19-7-6-15(4,5)14(16)17-18/h8-9,18H,6-7H2,1-5H3,(H2,16,17). The van der Waals surface area contributed by atoms with Gasteiger partial charge in [0, 0.05) is 5.41 Å². The first-order valence-electron chi connectivity index (χ1n) is 6.46. The van der Waals surface area contributed by atoms with Crippen molar-refractivity contribution >= 4 is 5.84 Å². The number of benzene rings is 1. The second kappa shape index (κ2) is 5.95. The largest absolute Gasteiger partial charge is 0.493 e. The lowest BCUT2D eigenvalue weighted by Gasteiger charge is -2.23. The zero-order chi connectivity index (χ0) is 14.6. The lowest BCUT2D eigenvalue weighted by molar-refractivity contribution is 0.258. The second-order valence-corrected chi connectivity index (χ2v) is 5.67. The third-order valence-corrected chi connectivity index (χ3v) is 3.55. The Hall–Kier alpha value is -1.71. The monoisotopic (exact) mass is 264 g/mol. The molecule has 0 atom stereocenters. The highest BCUT2D eigenvalue weighted by Gasteiger charge is 2.23. The quantitative estimate of drug-likeness (QED) is 0.371. The minimum absolute atomic E-state index is 0.230. The third-order valence-electron chi connectivity index (χ3n) is 3.55. The lowest BCUT2D eigenvalue weighted by Crippen LogP contribution is -2.33. The predicted octanol–water partition coefficient (Wildman–Crippen LogP) is 3.15. The van der Waals surface area contributed by atoms with Crippen LogP contribution in [0.1, 0.15) is 37.0 Å². The highest BCUT2D eigenvalue weighted by molar-refractivity contribution is 5.85. The number of aryl methyl sites for hydroxylation is 2. The summed E-state index contributed by atoms with van der Waals surface area (Å²) in [7, 11) is 0. The molecule has 0 aliphatic rings. The number of ether oxygens (including phenoxy) is 1. The van der Waals surface area contributed by atoms with Gasteiger partial charge < -0.3 is 15.7 Å². The lowest BCUT2D eigenvalue weighted by atomic mass is 9.88. The van der Waals surface area contributed by atoms with Crippen molar-refractivity contribution in [2.45, 2.75) is 41.0 Å². The third kappa shape index (κ3) is 3.88. The molecule has 0 aliphatic heterocycles. The summed E-state index contributed by atoms with van der Waals surface area (Å²) in [6.45, 7) is 10.6. The Labute approximate surface area is 115 Å². The van der Waals surface area contributed by atoms with Gasteiger partial charge in [-0.3, -0.25) is 0 Å². The van der Waals surface area contributed by atoms with E-state index in [2.05, 4.69) is 32.0 Å². The van der Waals surface area contributed by atoms with Gasteiger partial charge in [-0.1, -0.05) is 25.1 Å². The van der Waals surface area contributed by atoms with E-state index >= 15 is 0 Å². The molecule has 0 saturated heterocycles. The SMILES string of the molecule is Cc1cc(C)c(C)c(OCCC(C)(C)C(N)=NO)c1. The van der Waals surface area contributed by atoms with Crippen LogP contribution in [0.15, 0.2) is 17.3 Å². The summed E-state index contributed by atoms with van der Waals surface area (Å²) < 4.78 is 5.84. The van der Waals surface area contributed by atoms with Crippen LogP contribution < -0.4 is 10.5 Å². The molecule has 0 saturated carbocycles. The van der Waals surface area contributed by atoms with Gasteiger partial charge in [0.05, 0.1) is 6.61 Å². The summed E-state index contributed by atoms with van der Waals surface area (Å²) in [6, 6.07) is 4.18. The van der Waals surface area contributed by atoms with Gasteiger partial charge in [0.25, 0.3) is 0 Å². The van der Waals surface area contributed by atoms with Gasteiger partial charge in [0.1, 0.15) is 11.6 Å². The molecule has 0 heterocycles. The van der Waals surface area contributed by atoms with Crippen LogP contribution in [0.2, 0.25) is 0 Å².